The Bertz CT molecular complexity index is 97.3. The third kappa shape index (κ3) is 1820. The van der Waals surface area contributed by atoms with E-state index in [1.54, 1.807) is 0 Å². The van der Waals surface area contributed by atoms with E-state index in [0.29, 0.717) is 0 Å². The van der Waals surface area contributed by atoms with Crippen molar-refractivity contribution in [3.63, 3.8) is 0 Å². The van der Waals surface area contributed by atoms with E-state index in [1.165, 1.54) is 0 Å². The molecule has 0 aliphatic heterocycles. The smallest absolute Gasteiger partial charge is 0.512 e. The van der Waals surface area contributed by atoms with Gasteiger partial charge in [0.25, 0.3) is 0 Å². The van der Waals surface area contributed by atoms with Crippen molar-refractivity contribution < 1.29 is 70.9 Å². The Morgan fingerprint density at radius 1 is 0.357 bits per heavy atom. The summed E-state index contributed by atoms with van der Waals surface area (Å²) in [6, 6.07) is 0. The molecule has 0 aromatic heterocycles. The zero-order valence-electron chi connectivity index (χ0n) is 7.04. The Morgan fingerprint density at radius 2 is 0.357 bits per heavy atom. The van der Waals surface area contributed by atoms with Gasteiger partial charge in [-0.2, -0.15) is 0 Å². The summed E-state index contributed by atoms with van der Waals surface area (Å²) in [6.45, 7) is 28.5. The summed E-state index contributed by atoms with van der Waals surface area (Å²) in [5.41, 5.74) is 0. The van der Waals surface area contributed by atoms with Crippen molar-refractivity contribution in [2.24, 2.45) is 0 Å². The van der Waals surface area contributed by atoms with E-state index in [2.05, 4.69) is 0 Å². The Hall–Kier alpha value is -0.800. The van der Waals surface area contributed by atoms with Gasteiger partial charge in [0.1, 0.15) is 0 Å². The Balaban J connectivity index is -0.00000000500. The van der Waals surface area contributed by atoms with Crippen LogP contribution in [0.2, 0.25) is 0 Å². The molecule has 0 aromatic rings. The molecule has 0 unspecified atom stereocenters. The average molecular weight is 296 g/mol. The van der Waals surface area contributed by atoms with Gasteiger partial charge in [0, 0.05) is 0 Å². The molecule has 0 rings (SSSR count). The van der Waals surface area contributed by atoms with Gasteiger partial charge < -0.3 is 71.0 Å². The van der Waals surface area contributed by atoms with E-state index in [0.717, 1.165) is 0 Å². The average Bonchev–Trinajstić information content (AvgIpc) is 2.33. The van der Waals surface area contributed by atoms with Crippen molar-refractivity contribution >= 4 is 0 Å². The zero-order chi connectivity index (χ0) is 12.0. The van der Waals surface area contributed by atoms with Crippen molar-refractivity contribution in [1.82, 2.24) is 0 Å². The van der Waals surface area contributed by atoms with E-state index in [9.17, 15) is 0 Å². The molecule has 0 aliphatic carbocycles. The molecule has 0 atom stereocenters. The maximum absolute atomic E-state index is 6.25. The third-order valence-electron chi connectivity index (χ3n) is 0. The first-order valence-corrected chi connectivity index (χ1v) is 1.34. The first-order valence-electron chi connectivity index (χ1n) is 1.34. The second kappa shape index (κ2) is 2390. The summed E-state index contributed by atoms with van der Waals surface area (Å²) in [7, 11) is 0. The van der Waals surface area contributed by atoms with Gasteiger partial charge in [-0.1, -0.05) is 0 Å². The van der Waals surface area contributed by atoms with Gasteiger partial charge >= 0.3 is 70.9 Å². The fraction of sp³-hybridized carbons (Fsp3) is 0. The summed E-state index contributed by atoms with van der Waals surface area (Å²) in [4.78, 5) is 0. The van der Waals surface area contributed by atoms with Crippen molar-refractivity contribution in [3.8, 4) is 0 Å². The van der Waals surface area contributed by atoms with Gasteiger partial charge in [0.15, 0.2) is 0 Å². The molecule has 0 spiro atoms. The molecule has 0 bridgehead atoms. The van der Waals surface area contributed by atoms with Gasteiger partial charge in [0.2, 0.25) is 0 Å². The molecule has 0 fully saturated rings. The van der Waals surface area contributed by atoms with Gasteiger partial charge in [-0.3, -0.25) is 0 Å². The maximum atomic E-state index is 6.25. The van der Waals surface area contributed by atoms with Crippen molar-refractivity contribution in [2.75, 3.05) is 0 Å². The fourth-order valence-electron chi connectivity index (χ4n) is 0. The van der Waals surface area contributed by atoms with Crippen LogP contribution in [0, 0.1) is 71.0 Å². The molecule has 0 N–H and O–H groups in total. The van der Waals surface area contributed by atoms with E-state index in [1.807, 2.05) is 0 Å². The van der Waals surface area contributed by atoms with Crippen LogP contribution in [-0.4, -0.2) is 0 Å². The Morgan fingerprint density at radius 3 is 0.357 bits per heavy atom. The minimum atomic E-state index is 0. The summed E-state index contributed by atoms with van der Waals surface area (Å²) < 4.78 is 0. The molecular formula is C6KN6Ru+. The second-order valence-corrected chi connectivity index (χ2v) is 0. The van der Waals surface area contributed by atoms with Crippen LogP contribution in [0.3, 0.4) is 0 Å². The first-order chi connectivity index (χ1) is 6.00. The van der Waals surface area contributed by atoms with E-state index >= 15 is 0 Å². The van der Waals surface area contributed by atoms with E-state index < -0.39 is 0 Å². The molecule has 0 saturated heterocycles. The van der Waals surface area contributed by atoms with Crippen LogP contribution in [-0.2, 0) is 19.5 Å². The topological polar surface area (TPSA) is 143 Å². The Kier molecular flexibility index (Phi) is 12400. The number of hydrogen-bond donors (Lipinski definition) is 0. The van der Waals surface area contributed by atoms with Crippen molar-refractivity contribution in [2.45, 2.75) is 0 Å². The van der Waals surface area contributed by atoms with Crippen LogP contribution >= 0.6 is 0 Å². The molecule has 0 heterocycles. The van der Waals surface area contributed by atoms with Crippen LogP contribution in [0.15, 0.2) is 0 Å². The van der Waals surface area contributed by atoms with Crippen LogP contribution < -0.4 is 51.4 Å². The SMILES string of the molecule is [C-]#N.[C-]#N.[C-]#N.[C-]#N.[C-]#N.[C-]#N.[K+].[Ru+6]. The number of nitrogens with zero attached hydrogens (tertiary/aromatic N) is 6. The molecular weight excluding hydrogens is 296 g/mol. The number of hydrogen-bond acceptors (Lipinski definition) is 6. The van der Waals surface area contributed by atoms with E-state index in [4.69, 9.17) is 71.0 Å². The first kappa shape index (κ1) is 72.7. The maximum Gasteiger partial charge on any atom is 6.00 e. The molecule has 8 heteroatoms. The molecule has 0 saturated carbocycles. The van der Waals surface area contributed by atoms with Gasteiger partial charge in [0.05, 0.1) is 0 Å². The predicted octanol–water partition coefficient (Wildman–Crippen LogP) is -2.42. The molecule has 0 aromatic carbocycles. The van der Waals surface area contributed by atoms with Gasteiger partial charge in [-0.05, 0) is 0 Å². The van der Waals surface area contributed by atoms with Crippen LogP contribution in [0.25, 0.3) is 0 Å². The molecule has 0 amide bonds. The number of rotatable bonds is 0. The van der Waals surface area contributed by atoms with E-state index in [-0.39, 0.29) is 70.9 Å². The third-order valence-corrected chi connectivity index (χ3v) is 0. The Labute approximate surface area is 140 Å². The fourth-order valence-corrected chi connectivity index (χ4v) is 0. The van der Waals surface area contributed by atoms with Crippen LogP contribution in [0.5, 0.6) is 0 Å². The summed E-state index contributed by atoms with van der Waals surface area (Å²) in [6.07, 6.45) is 0. The molecule has 14 heavy (non-hydrogen) atoms. The minimum absolute atomic E-state index is 0. The zero-order valence-corrected chi connectivity index (χ0v) is 11.9. The minimum Gasteiger partial charge on any atom is -0.512 e. The van der Waals surface area contributed by atoms with Crippen LogP contribution in [0.1, 0.15) is 0 Å². The predicted molar refractivity (Wildman–Crippen MR) is 29.8 cm³/mol. The largest absolute Gasteiger partial charge is 6.00 e. The summed E-state index contributed by atoms with van der Waals surface area (Å²) >= 11 is 0. The second-order valence-electron chi connectivity index (χ2n) is 0. The molecule has 6 nitrogen and oxygen atoms in total. The normalized spacial score (nSPS) is 0.857. The summed E-state index contributed by atoms with van der Waals surface area (Å²) in [5, 5.41) is 37.5. The van der Waals surface area contributed by atoms with Crippen molar-refractivity contribution in [3.05, 3.63) is 39.4 Å². The van der Waals surface area contributed by atoms with Gasteiger partial charge in [-0.15, -0.1) is 0 Å². The molecule has 0 radical (unpaired) electrons. The van der Waals surface area contributed by atoms with Crippen molar-refractivity contribution in [1.29, 1.82) is 31.6 Å². The monoisotopic (exact) mass is 297 g/mol. The molecule has 0 aliphatic rings. The van der Waals surface area contributed by atoms with Gasteiger partial charge in [-0.25, -0.2) is 0 Å². The standard InChI is InChI=1S/6CN.K.Ru/c6*1-2;;/q6*-1;+1;+6. The quantitative estimate of drug-likeness (QED) is 0.359. The molecule has 62 valence electrons. The summed E-state index contributed by atoms with van der Waals surface area (Å²) in [5.74, 6) is 0. The van der Waals surface area contributed by atoms with Crippen LogP contribution in [0.4, 0.5) is 0 Å².